The van der Waals surface area contributed by atoms with Crippen LogP contribution in [0.4, 0.5) is 5.69 Å². The minimum atomic E-state index is -0.283. The second-order valence-corrected chi connectivity index (χ2v) is 5.94. The lowest BCUT2D eigenvalue weighted by Gasteiger charge is -2.34. The number of Topliss-reactive ketones (excluding diaryl/α,β-unsaturated/α-hetero) is 1. The van der Waals surface area contributed by atoms with E-state index < -0.39 is 0 Å². The number of carbonyl (C=O) groups excluding carboxylic acids is 1. The first kappa shape index (κ1) is 14.4. The summed E-state index contributed by atoms with van der Waals surface area (Å²) < 4.78 is 5.60. The van der Waals surface area contributed by atoms with Crippen LogP contribution in [-0.2, 0) is 9.53 Å². The van der Waals surface area contributed by atoms with E-state index in [-0.39, 0.29) is 17.8 Å². The number of hydrogen-bond acceptors (Lipinski definition) is 4. The van der Waals surface area contributed by atoms with Crippen molar-refractivity contribution >= 4 is 23.2 Å². The summed E-state index contributed by atoms with van der Waals surface area (Å²) in [7, 11) is 0. The lowest BCUT2D eigenvalue weighted by Crippen LogP contribution is -2.47. The highest BCUT2D eigenvalue weighted by molar-refractivity contribution is 7.98. The Kier molecular flexibility index (Phi) is 4.88. The summed E-state index contributed by atoms with van der Waals surface area (Å²) in [5.74, 6) is 0.231. The molecule has 0 aliphatic carbocycles. The molecule has 1 unspecified atom stereocenters. The molecule has 1 aromatic carbocycles. The largest absolute Gasteiger partial charge is 0.367 e. The van der Waals surface area contributed by atoms with Gasteiger partial charge in [-0.15, -0.1) is 11.8 Å². The van der Waals surface area contributed by atoms with E-state index in [9.17, 15) is 4.79 Å². The van der Waals surface area contributed by atoms with E-state index in [1.807, 2.05) is 13.8 Å². The number of ketones is 1. The number of benzene rings is 1. The molecule has 0 saturated carbocycles. The normalized spacial score (nSPS) is 19.8. The summed E-state index contributed by atoms with van der Waals surface area (Å²) in [4.78, 5) is 15.5. The van der Waals surface area contributed by atoms with E-state index >= 15 is 0 Å². The molecule has 0 bridgehead atoms. The van der Waals surface area contributed by atoms with Gasteiger partial charge in [-0.2, -0.15) is 0 Å². The van der Waals surface area contributed by atoms with Gasteiger partial charge in [0.15, 0.2) is 5.78 Å². The molecule has 1 fully saturated rings. The van der Waals surface area contributed by atoms with Crippen LogP contribution in [0.1, 0.15) is 13.8 Å². The first-order valence-corrected chi connectivity index (χ1v) is 7.88. The van der Waals surface area contributed by atoms with Crippen molar-refractivity contribution in [2.24, 2.45) is 5.92 Å². The molecule has 19 heavy (non-hydrogen) atoms. The molecule has 1 aliphatic rings. The summed E-state index contributed by atoms with van der Waals surface area (Å²) in [5, 5.41) is 0. The first-order valence-electron chi connectivity index (χ1n) is 6.66. The fourth-order valence-electron chi connectivity index (χ4n) is 2.22. The third-order valence-electron chi connectivity index (χ3n) is 3.39. The van der Waals surface area contributed by atoms with E-state index in [0.29, 0.717) is 13.2 Å². The minimum absolute atomic E-state index is 0.0313. The zero-order valence-corrected chi connectivity index (χ0v) is 12.6. The van der Waals surface area contributed by atoms with Gasteiger partial charge >= 0.3 is 0 Å². The standard InChI is InChI=1S/C15H21NO2S/c1-11(2)15(17)14-10-16(8-9-18-14)12-4-6-13(19-3)7-5-12/h4-7,11,14H,8-10H2,1-3H3. The van der Waals surface area contributed by atoms with Crippen LogP contribution < -0.4 is 4.90 Å². The first-order chi connectivity index (χ1) is 9.11. The summed E-state index contributed by atoms with van der Waals surface area (Å²) in [6.07, 6.45) is 1.79. The van der Waals surface area contributed by atoms with Gasteiger partial charge in [-0.3, -0.25) is 4.79 Å². The van der Waals surface area contributed by atoms with Gasteiger partial charge < -0.3 is 9.64 Å². The van der Waals surface area contributed by atoms with E-state index in [1.54, 1.807) is 11.8 Å². The third-order valence-corrected chi connectivity index (χ3v) is 4.13. The number of rotatable bonds is 4. The van der Waals surface area contributed by atoms with Crippen LogP contribution in [0, 0.1) is 5.92 Å². The molecule has 104 valence electrons. The summed E-state index contributed by atoms with van der Waals surface area (Å²) >= 11 is 1.74. The molecule has 4 heteroatoms. The molecule has 0 amide bonds. The van der Waals surface area contributed by atoms with Crippen molar-refractivity contribution in [2.45, 2.75) is 24.8 Å². The zero-order chi connectivity index (χ0) is 13.8. The van der Waals surface area contributed by atoms with Crippen molar-refractivity contribution in [3.8, 4) is 0 Å². The Balaban J connectivity index is 2.05. The number of hydrogen-bond donors (Lipinski definition) is 0. The van der Waals surface area contributed by atoms with Crippen LogP contribution >= 0.6 is 11.8 Å². The minimum Gasteiger partial charge on any atom is -0.367 e. The second kappa shape index (κ2) is 6.44. The summed E-state index contributed by atoms with van der Waals surface area (Å²) in [6, 6.07) is 8.48. The lowest BCUT2D eigenvalue weighted by molar-refractivity contribution is -0.134. The maximum Gasteiger partial charge on any atom is 0.165 e. The maximum absolute atomic E-state index is 12.0. The molecule has 0 aromatic heterocycles. The van der Waals surface area contributed by atoms with Gasteiger partial charge in [-0.05, 0) is 30.5 Å². The number of anilines is 1. The van der Waals surface area contributed by atoms with Crippen LogP contribution in [0.25, 0.3) is 0 Å². The number of thioether (sulfide) groups is 1. The van der Waals surface area contributed by atoms with Crippen LogP contribution in [0.15, 0.2) is 29.2 Å². The monoisotopic (exact) mass is 279 g/mol. The van der Waals surface area contributed by atoms with Gasteiger partial charge in [0, 0.05) is 23.0 Å². The van der Waals surface area contributed by atoms with Crippen LogP contribution in [0.5, 0.6) is 0 Å². The fourth-order valence-corrected chi connectivity index (χ4v) is 2.63. The van der Waals surface area contributed by atoms with Gasteiger partial charge in [0.1, 0.15) is 6.10 Å². The van der Waals surface area contributed by atoms with E-state index in [1.165, 1.54) is 10.6 Å². The molecular formula is C15H21NO2S. The van der Waals surface area contributed by atoms with Crippen molar-refractivity contribution < 1.29 is 9.53 Å². The Hall–Kier alpha value is -1.00. The zero-order valence-electron chi connectivity index (χ0n) is 11.8. The molecule has 1 aromatic rings. The topological polar surface area (TPSA) is 29.5 Å². The Morgan fingerprint density at radius 2 is 2.05 bits per heavy atom. The SMILES string of the molecule is CSc1ccc(N2CCOC(C(=O)C(C)C)C2)cc1. The Bertz CT molecular complexity index is 430. The molecule has 1 aliphatic heterocycles. The van der Waals surface area contributed by atoms with Gasteiger partial charge in [0.25, 0.3) is 0 Å². The van der Waals surface area contributed by atoms with E-state index in [4.69, 9.17) is 4.74 Å². The smallest absolute Gasteiger partial charge is 0.165 e. The van der Waals surface area contributed by atoms with Crippen molar-refractivity contribution in [3.63, 3.8) is 0 Å². The molecule has 3 nitrogen and oxygen atoms in total. The van der Waals surface area contributed by atoms with Gasteiger partial charge in [0.05, 0.1) is 13.2 Å². The Labute approximate surface area is 119 Å². The van der Waals surface area contributed by atoms with Crippen molar-refractivity contribution in [1.29, 1.82) is 0 Å². The lowest BCUT2D eigenvalue weighted by atomic mass is 10.0. The number of carbonyl (C=O) groups is 1. The van der Waals surface area contributed by atoms with Gasteiger partial charge in [0.2, 0.25) is 0 Å². The second-order valence-electron chi connectivity index (χ2n) is 5.06. The van der Waals surface area contributed by atoms with Crippen LogP contribution in [0.2, 0.25) is 0 Å². The van der Waals surface area contributed by atoms with Crippen LogP contribution in [-0.4, -0.2) is 37.8 Å². The molecule has 0 N–H and O–H groups in total. The highest BCUT2D eigenvalue weighted by atomic mass is 32.2. The Morgan fingerprint density at radius 1 is 1.37 bits per heavy atom. The average Bonchev–Trinajstić information content (AvgIpc) is 2.46. The molecule has 2 rings (SSSR count). The molecule has 0 radical (unpaired) electrons. The quantitative estimate of drug-likeness (QED) is 0.793. The van der Waals surface area contributed by atoms with Crippen molar-refractivity contribution in [1.82, 2.24) is 0 Å². The fraction of sp³-hybridized carbons (Fsp3) is 0.533. The molecule has 1 heterocycles. The predicted octanol–water partition coefficient (Wildman–Crippen LogP) is 2.84. The van der Waals surface area contributed by atoms with E-state index in [2.05, 4.69) is 35.4 Å². The molecule has 0 spiro atoms. The number of morpholine rings is 1. The van der Waals surface area contributed by atoms with E-state index in [0.717, 1.165) is 6.54 Å². The van der Waals surface area contributed by atoms with Crippen LogP contribution in [0.3, 0.4) is 0 Å². The summed E-state index contributed by atoms with van der Waals surface area (Å²) in [6.45, 7) is 5.99. The Morgan fingerprint density at radius 3 is 2.63 bits per heavy atom. The number of ether oxygens (including phenoxy) is 1. The highest BCUT2D eigenvalue weighted by Crippen LogP contribution is 2.23. The number of nitrogens with zero attached hydrogens (tertiary/aromatic N) is 1. The maximum atomic E-state index is 12.0. The van der Waals surface area contributed by atoms with Crippen molar-refractivity contribution in [2.75, 3.05) is 30.9 Å². The van der Waals surface area contributed by atoms with Gasteiger partial charge in [-0.1, -0.05) is 13.8 Å². The molecular weight excluding hydrogens is 258 g/mol. The molecule has 1 saturated heterocycles. The van der Waals surface area contributed by atoms with Gasteiger partial charge in [-0.25, -0.2) is 0 Å². The highest BCUT2D eigenvalue weighted by Gasteiger charge is 2.28. The predicted molar refractivity (Wildman–Crippen MR) is 80.0 cm³/mol. The molecule has 1 atom stereocenters. The third kappa shape index (κ3) is 3.51. The average molecular weight is 279 g/mol. The van der Waals surface area contributed by atoms with Crippen molar-refractivity contribution in [3.05, 3.63) is 24.3 Å². The summed E-state index contributed by atoms with van der Waals surface area (Å²) in [5.41, 5.74) is 1.17.